The van der Waals surface area contributed by atoms with E-state index in [2.05, 4.69) is 17.4 Å². The van der Waals surface area contributed by atoms with Crippen molar-refractivity contribution in [1.82, 2.24) is 4.90 Å². The standard InChI is InChI=1S/C25H25ClN2O3/c1-28(17-24(29)27-22-16-20(26)14-15-23(22)31-2)25(30)21-11-7-6-10-19(21)13-12-18-8-4-3-5-9-18/h3-11,14-16H,12-13,17H2,1-2H3,(H,27,29). The molecule has 31 heavy (non-hydrogen) atoms. The van der Waals surface area contributed by atoms with Crippen molar-refractivity contribution in [3.63, 3.8) is 0 Å². The van der Waals surface area contributed by atoms with Gasteiger partial charge < -0.3 is 15.0 Å². The SMILES string of the molecule is COc1ccc(Cl)cc1NC(=O)CN(C)C(=O)c1ccccc1CCc1ccccc1. The number of aryl methyl sites for hydroxylation is 2. The molecule has 2 amide bonds. The molecule has 0 saturated heterocycles. The summed E-state index contributed by atoms with van der Waals surface area (Å²) >= 11 is 6.01. The van der Waals surface area contributed by atoms with Crippen molar-refractivity contribution in [3.05, 3.63) is 94.5 Å². The largest absolute Gasteiger partial charge is 0.495 e. The van der Waals surface area contributed by atoms with E-state index in [9.17, 15) is 9.59 Å². The van der Waals surface area contributed by atoms with Gasteiger partial charge in [-0.2, -0.15) is 0 Å². The third kappa shape index (κ3) is 6.09. The van der Waals surface area contributed by atoms with E-state index in [1.165, 1.54) is 17.6 Å². The number of anilines is 1. The average molecular weight is 437 g/mol. The molecule has 0 radical (unpaired) electrons. The summed E-state index contributed by atoms with van der Waals surface area (Å²) in [5, 5.41) is 3.24. The maximum atomic E-state index is 13.0. The molecule has 0 saturated carbocycles. The fraction of sp³-hybridized carbons (Fsp3) is 0.200. The summed E-state index contributed by atoms with van der Waals surface area (Å²) in [6, 6.07) is 22.6. The third-order valence-electron chi connectivity index (χ3n) is 4.94. The zero-order chi connectivity index (χ0) is 22.2. The molecule has 6 heteroatoms. The van der Waals surface area contributed by atoms with E-state index in [0.717, 1.165) is 18.4 Å². The predicted octanol–water partition coefficient (Wildman–Crippen LogP) is 4.84. The van der Waals surface area contributed by atoms with Crippen LogP contribution in [0.2, 0.25) is 5.02 Å². The fourth-order valence-corrected chi connectivity index (χ4v) is 3.50. The molecule has 0 spiro atoms. The highest BCUT2D eigenvalue weighted by atomic mass is 35.5. The summed E-state index contributed by atoms with van der Waals surface area (Å²) in [4.78, 5) is 27.0. The highest BCUT2D eigenvalue weighted by Crippen LogP contribution is 2.27. The molecule has 0 aliphatic rings. The van der Waals surface area contributed by atoms with Crippen LogP contribution in [0, 0.1) is 0 Å². The maximum Gasteiger partial charge on any atom is 0.254 e. The molecule has 0 aromatic heterocycles. The van der Waals surface area contributed by atoms with Gasteiger partial charge in [-0.25, -0.2) is 0 Å². The number of nitrogens with zero attached hydrogens (tertiary/aromatic N) is 1. The van der Waals surface area contributed by atoms with Gasteiger partial charge in [0.25, 0.3) is 5.91 Å². The van der Waals surface area contributed by atoms with Crippen molar-refractivity contribution in [2.24, 2.45) is 0 Å². The highest BCUT2D eigenvalue weighted by molar-refractivity contribution is 6.31. The number of benzene rings is 3. The van der Waals surface area contributed by atoms with E-state index < -0.39 is 0 Å². The lowest BCUT2D eigenvalue weighted by Crippen LogP contribution is -2.35. The minimum Gasteiger partial charge on any atom is -0.495 e. The van der Waals surface area contributed by atoms with Gasteiger partial charge in [-0.1, -0.05) is 60.1 Å². The first-order chi connectivity index (χ1) is 15.0. The first-order valence-corrected chi connectivity index (χ1v) is 10.4. The van der Waals surface area contributed by atoms with Gasteiger partial charge in [0.2, 0.25) is 5.91 Å². The smallest absolute Gasteiger partial charge is 0.254 e. The predicted molar refractivity (Wildman–Crippen MR) is 124 cm³/mol. The summed E-state index contributed by atoms with van der Waals surface area (Å²) in [5.74, 6) is -0.0342. The zero-order valence-corrected chi connectivity index (χ0v) is 18.4. The van der Waals surface area contributed by atoms with Crippen LogP contribution in [0.3, 0.4) is 0 Å². The number of amides is 2. The number of carbonyl (C=O) groups is 2. The van der Waals surface area contributed by atoms with E-state index in [1.54, 1.807) is 31.3 Å². The van der Waals surface area contributed by atoms with Crippen molar-refractivity contribution >= 4 is 29.1 Å². The first kappa shape index (κ1) is 22.4. The normalized spacial score (nSPS) is 10.4. The van der Waals surface area contributed by atoms with Gasteiger partial charge in [0.05, 0.1) is 19.3 Å². The Hall–Kier alpha value is -3.31. The summed E-state index contributed by atoms with van der Waals surface area (Å²) in [6.45, 7) is -0.0957. The van der Waals surface area contributed by atoms with Crippen LogP contribution in [0.25, 0.3) is 0 Å². The molecule has 160 valence electrons. The molecule has 0 unspecified atom stereocenters. The van der Waals surface area contributed by atoms with Crippen LogP contribution in [-0.2, 0) is 17.6 Å². The topological polar surface area (TPSA) is 58.6 Å². The Balaban J connectivity index is 1.66. The van der Waals surface area contributed by atoms with Crippen molar-refractivity contribution in [1.29, 1.82) is 0 Å². The van der Waals surface area contributed by atoms with Crippen LogP contribution in [0.15, 0.2) is 72.8 Å². The average Bonchev–Trinajstić information content (AvgIpc) is 2.78. The lowest BCUT2D eigenvalue weighted by atomic mass is 9.99. The highest BCUT2D eigenvalue weighted by Gasteiger charge is 2.18. The minimum absolute atomic E-state index is 0.0957. The van der Waals surface area contributed by atoms with Crippen LogP contribution in [-0.4, -0.2) is 37.4 Å². The molecule has 0 fully saturated rings. The number of carbonyl (C=O) groups excluding carboxylic acids is 2. The molecular formula is C25H25ClN2O3. The number of nitrogens with one attached hydrogen (secondary N) is 1. The van der Waals surface area contributed by atoms with E-state index >= 15 is 0 Å². The number of hydrogen-bond donors (Lipinski definition) is 1. The van der Waals surface area contributed by atoms with E-state index in [1.807, 2.05) is 36.4 Å². The van der Waals surface area contributed by atoms with Crippen LogP contribution in [0.1, 0.15) is 21.5 Å². The van der Waals surface area contributed by atoms with Crippen LogP contribution >= 0.6 is 11.6 Å². The zero-order valence-electron chi connectivity index (χ0n) is 17.6. The number of ether oxygens (including phenoxy) is 1. The van der Waals surface area contributed by atoms with Gasteiger partial charge in [-0.3, -0.25) is 9.59 Å². The number of rotatable bonds is 8. The first-order valence-electron chi connectivity index (χ1n) is 9.98. The molecule has 5 nitrogen and oxygen atoms in total. The number of methoxy groups -OCH3 is 1. The number of hydrogen-bond acceptors (Lipinski definition) is 3. The molecule has 3 rings (SSSR count). The Morgan fingerprint density at radius 3 is 2.42 bits per heavy atom. The molecule has 3 aromatic rings. The summed E-state index contributed by atoms with van der Waals surface area (Å²) in [7, 11) is 3.13. The molecule has 0 aliphatic carbocycles. The third-order valence-corrected chi connectivity index (χ3v) is 5.17. The van der Waals surface area contributed by atoms with Crippen molar-refractivity contribution in [2.75, 3.05) is 26.0 Å². The Morgan fingerprint density at radius 1 is 0.968 bits per heavy atom. The summed E-state index contributed by atoms with van der Waals surface area (Å²) in [6.07, 6.45) is 1.58. The summed E-state index contributed by atoms with van der Waals surface area (Å²) in [5.41, 5.74) is 3.24. The lowest BCUT2D eigenvalue weighted by molar-refractivity contribution is -0.116. The van der Waals surface area contributed by atoms with Crippen LogP contribution in [0.4, 0.5) is 5.69 Å². The van der Waals surface area contributed by atoms with Gasteiger partial charge >= 0.3 is 0 Å². The minimum atomic E-state index is -0.335. The number of halogens is 1. The second-order valence-electron chi connectivity index (χ2n) is 7.20. The Bertz CT molecular complexity index is 1050. The molecule has 0 heterocycles. The van der Waals surface area contributed by atoms with E-state index in [-0.39, 0.29) is 18.4 Å². The lowest BCUT2D eigenvalue weighted by Gasteiger charge is -2.19. The van der Waals surface area contributed by atoms with Crippen molar-refractivity contribution in [3.8, 4) is 5.75 Å². The van der Waals surface area contributed by atoms with Gasteiger partial charge in [-0.15, -0.1) is 0 Å². The van der Waals surface area contributed by atoms with Crippen molar-refractivity contribution < 1.29 is 14.3 Å². The molecular weight excluding hydrogens is 412 g/mol. The van der Waals surface area contributed by atoms with Gasteiger partial charge in [-0.05, 0) is 48.2 Å². The Labute approximate surface area is 187 Å². The molecule has 3 aromatic carbocycles. The second kappa shape index (κ2) is 10.6. The van der Waals surface area contributed by atoms with Gasteiger partial charge in [0, 0.05) is 17.6 Å². The molecule has 0 aliphatic heterocycles. The van der Waals surface area contributed by atoms with Crippen molar-refractivity contribution in [2.45, 2.75) is 12.8 Å². The van der Waals surface area contributed by atoms with E-state index in [4.69, 9.17) is 16.3 Å². The Kier molecular flexibility index (Phi) is 7.68. The molecule has 0 atom stereocenters. The molecule has 1 N–H and O–H groups in total. The number of likely N-dealkylation sites (N-methyl/N-ethyl adjacent to an activating group) is 1. The Morgan fingerprint density at radius 2 is 1.68 bits per heavy atom. The second-order valence-corrected chi connectivity index (χ2v) is 7.63. The van der Waals surface area contributed by atoms with Gasteiger partial charge in [0.1, 0.15) is 5.75 Å². The fourth-order valence-electron chi connectivity index (χ4n) is 3.33. The monoisotopic (exact) mass is 436 g/mol. The van der Waals surface area contributed by atoms with Gasteiger partial charge in [0.15, 0.2) is 0 Å². The molecule has 0 bridgehead atoms. The maximum absolute atomic E-state index is 13.0. The van der Waals surface area contributed by atoms with Crippen LogP contribution < -0.4 is 10.1 Å². The van der Waals surface area contributed by atoms with Crippen LogP contribution in [0.5, 0.6) is 5.75 Å². The quantitative estimate of drug-likeness (QED) is 0.549. The summed E-state index contributed by atoms with van der Waals surface area (Å²) < 4.78 is 5.25. The van der Waals surface area contributed by atoms with E-state index in [0.29, 0.717) is 22.0 Å².